The number of hydrogen-bond donors (Lipinski definition) is 2. The van der Waals surface area contributed by atoms with Crippen LogP contribution in [0.15, 0.2) is 11.8 Å². The standard InChI is InChI=1S/C12H15NO6/c1-13-11(16)19-10-8-6(2-3-12(8)5-18-12)7(4-17-10)9(14)15/h4,6,8,10H,2-3,5H2,1H3,(H,13,16)(H,14,15)/t6-,8+,10+,12-/m1/s1. The van der Waals surface area contributed by atoms with Crippen LogP contribution in [0.5, 0.6) is 0 Å². The lowest BCUT2D eigenvalue weighted by molar-refractivity contribution is -0.143. The molecule has 0 unspecified atom stereocenters. The van der Waals surface area contributed by atoms with Gasteiger partial charge < -0.3 is 24.6 Å². The van der Waals surface area contributed by atoms with E-state index in [4.69, 9.17) is 14.2 Å². The van der Waals surface area contributed by atoms with E-state index in [1.165, 1.54) is 13.3 Å². The molecule has 0 aromatic carbocycles. The van der Waals surface area contributed by atoms with Crippen molar-refractivity contribution in [1.29, 1.82) is 0 Å². The predicted molar refractivity (Wildman–Crippen MR) is 61.0 cm³/mol. The maximum Gasteiger partial charge on any atom is 0.409 e. The Bertz CT molecular complexity index is 455. The number of aliphatic carboxylic acids is 1. The molecule has 1 saturated heterocycles. The quantitative estimate of drug-likeness (QED) is 0.707. The third kappa shape index (κ3) is 1.85. The lowest BCUT2D eigenvalue weighted by atomic mass is 9.83. The molecule has 1 aliphatic carbocycles. The second-order valence-electron chi connectivity index (χ2n) is 5.06. The molecular weight excluding hydrogens is 254 g/mol. The zero-order valence-electron chi connectivity index (χ0n) is 10.4. The highest BCUT2D eigenvalue weighted by Crippen LogP contribution is 2.56. The van der Waals surface area contributed by atoms with E-state index in [0.717, 1.165) is 6.42 Å². The smallest absolute Gasteiger partial charge is 0.409 e. The molecule has 19 heavy (non-hydrogen) atoms. The SMILES string of the molecule is CNC(=O)O[C@@H]1OC=C(C(=O)O)[C@H]2CC[C@@]3(CO3)[C@H]12. The van der Waals surface area contributed by atoms with Gasteiger partial charge in [-0.3, -0.25) is 0 Å². The fourth-order valence-electron chi connectivity index (χ4n) is 3.12. The monoisotopic (exact) mass is 269 g/mol. The number of alkyl carbamates (subject to hydrolysis) is 1. The van der Waals surface area contributed by atoms with Crippen LogP contribution in [0.3, 0.4) is 0 Å². The van der Waals surface area contributed by atoms with Crippen molar-refractivity contribution in [3.63, 3.8) is 0 Å². The minimum Gasteiger partial charge on any atom is -0.478 e. The fraction of sp³-hybridized carbons (Fsp3) is 0.667. The molecule has 3 aliphatic rings. The first-order valence-electron chi connectivity index (χ1n) is 6.18. The molecule has 2 heterocycles. The normalized spacial score (nSPS) is 39.0. The summed E-state index contributed by atoms with van der Waals surface area (Å²) in [5.74, 6) is -1.43. The number of fused-ring (bicyclic) bond motifs is 2. The molecule has 2 aliphatic heterocycles. The molecule has 1 spiro atoms. The largest absolute Gasteiger partial charge is 0.478 e. The first-order chi connectivity index (χ1) is 9.07. The lowest BCUT2D eigenvalue weighted by Gasteiger charge is -2.33. The van der Waals surface area contributed by atoms with Crippen LogP contribution in [-0.2, 0) is 19.0 Å². The van der Waals surface area contributed by atoms with E-state index in [-0.39, 0.29) is 23.0 Å². The van der Waals surface area contributed by atoms with E-state index in [2.05, 4.69) is 5.32 Å². The van der Waals surface area contributed by atoms with Gasteiger partial charge in [0.2, 0.25) is 0 Å². The molecule has 104 valence electrons. The number of carbonyl (C=O) groups is 2. The molecule has 2 fully saturated rings. The molecule has 0 bridgehead atoms. The van der Waals surface area contributed by atoms with Gasteiger partial charge >= 0.3 is 12.1 Å². The minimum absolute atomic E-state index is 0.191. The average Bonchev–Trinajstić information content (AvgIpc) is 3.05. The molecule has 0 aromatic heterocycles. The van der Waals surface area contributed by atoms with E-state index < -0.39 is 18.4 Å². The highest BCUT2D eigenvalue weighted by molar-refractivity contribution is 5.87. The number of carboxylic acids is 1. The van der Waals surface area contributed by atoms with Crippen LogP contribution in [-0.4, -0.2) is 42.7 Å². The maximum atomic E-state index is 11.3. The average molecular weight is 269 g/mol. The third-order valence-electron chi connectivity index (χ3n) is 4.13. The molecule has 4 atom stereocenters. The highest BCUT2D eigenvalue weighted by Gasteiger charge is 2.64. The van der Waals surface area contributed by atoms with E-state index in [1.54, 1.807) is 0 Å². The van der Waals surface area contributed by atoms with Gasteiger partial charge in [0.05, 0.1) is 24.4 Å². The van der Waals surface area contributed by atoms with Crippen molar-refractivity contribution in [2.45, 2.75) is 24.7 Å². The maximum absolute atomic E-state index is 11.3. The Morgan fingerprint density at radius 3 is 2.89 bits per heavy atom. The van der Waals surface area contributed by atoms with Crippen LogP contribution in [0, 0.1) is 11.8 Å². The second kappa shape index (κ2) is 4.12. The van der Waals surface area contributed by atoms with E-state index >= 15 is 0 Å². The predicted octanol–water partition coefficient (Wildman–Crippen LogP) is 0.462. The van der Waals surface area contributed by atoms with Crippen LogP contribution in [0.2, 0.25) is 0 Å². The number of carbonyl (C=O) groups excluding carboxylic acids is 1. The zero-order valence-corrected chi connectivity index (χ0v) is 10.4. The van der Waals surface area contributed by atoms with Crippen LogP contribution in [0.1, 0.15) is 12.8 Å². The summed E-state index contributed by atoms with van der Waals surface area (Å²) in [4.78, 5) is 22.5. The lowest BCUT2D eigenvalue weighted by Crippen LogP contribution is -2.43. The summed E-state index contributed by atoms with van der Waals surface area (Å²) in [6, 6.07) is 0. The van der Waals surface area contributed by atoms with Gasteiger partial charge in [0.25, 0.3) is 6.29 Å². The fourth-order valence-corrected chi connectivity index (χ4v) is 3.12. The number of hydrogen-bond acceptors (Lipinski definition) is 5. The van der Waals surface area contributed by atoms with Crippen molar-refractivity contribution >= 4 is 12.1 Å². The highest BCUT2D eigenvalue weighted by atomic mass is 16.7. The molecule has 2 N–H and O–H groups in total. The molecule has 1 amide bonds. The summed E-state index contributed by atoms with van der Waals surface area (Å²) in [7, 11) is 1.46. The van der Waals surface area contributed by atoms with Gasteiger partial charge in [0, 0.05) is 13.0 Å². The van der Waals surface area contributed by atoms with Gasteiger partial charge in [-0.2, -0.15) is 0 Å². The summed E-state index contributed by atoms with van der Waals surface area (Å²) in [5.41, 5.74) is -0.146. The van der Waals surface area contributed by atoms with Crippen molar-refractivity contribution in [2.75, 3.05) is 13.7 Å². The summed E-state index contributed by atoms with van der Waals surface area (Å²) in [6.07, 6.45) is 1.28. The Labute approximate surface area is 109 Å². The first kappa shape index (κ1) is 12.3. The van der Waals surface area contributed by atoms with Crippen LogP contribution in [0.4, 0.5) is 4.79 Å². The second-order valence-corrected chi connectivity index (χ2v) is 5.06. The van der Waals surface area contributed by atoms with Crippen molar-refractivity contribution in [3.8, 4) is 0 Å². The van der Waals surface area contributed by atoms with Gasteiger partial charge in [-0.15, -0.1) is 0 Å². The topological polar surface area (TPSA) is 97.4 Å². The zero-order chi connectivity index (χ0) is 13.6. The Balaban J connectivity index is 1.87. The Morgan fingerprint density at radius 1 is 1.58 bits per heavy atom. The molecule has 0 aromatic rings. The van der Waals surface area contributed by atoms with Gasteiger partial charge in [0.1, 0.15) is 5.60 Å². The summed E-state index contributed by atoms with van der Waals surface area (Å²) in [5, 5.41) is 11.5. The summed E-state index contributed by atoms with van der Waals surface area (Å²) < 4.78 is 16.0. The number of carboxylic acid groups (broad SMARTS) is 1. The Kier molecular flexibility index (Phi) is 2.67. The number of amides is 1. The first-order valence-corrected chi connectivity index (χ1v) is 6.18. The van der Waals surface area contributed by atoms with Crippen molar-refractivity contribution < 1.29 is 28.9 Å². The van der Waals surface area contributed by atoms with Gasteiger partial charge in [0.15, 0.2) is 0 Å². The van der Waals surface area contributed by atoms with Crippen LogP contribution in [0.25, 0.3) is 0 Å². The number of rotatable bonds is 2. The minimum atomic E-state index is -0.994. The van der Waals surface area contributed by atoms with Crippen molar-refractivity contribution in [2.24, 2.45) is 11.8 Å². The van der Waals surface area contributed by atoms with Gasteiger partial charge in [-0.25, -0.2) is 9.59 Å². The van der Waals surface area contributed by atoms with E-state index in [0.29, 0.717) is 13.0 Å². The van der Waals surface area contributed by atoms with Crippen LogP contribution >= 0.6 is 0 Å². The molecular formula is C12H15NO6. The number of epoxide rings is 1. The van der Waals surface area contributed by atoms with Gasteiger partial charge in [-0.05, 0) is 12.8 Å². The Morgan fingerprint density at radius 2 is 2.32 bits per heavy atom. The molecule has 7 nitrogen and oxygen atoms in total. The van der Waals surface area contributed by atoms with Crippen LogP contribution < -0.4 is 5.32 Å². The van der Waals surface area contributed by atoms with Crippen molar-refractivity contribution in [1.82, 2.24) is 5.32 Å². The molecule has 0 radical (unpaired) electrons. The third-order valence-corrected chi connectivity index (χ3v) is 4.13. The molecule has 3 rings (SSSR count). The Hall–Kier alpha value is -1.76. The van der Waals surface area contributed by atoms with E-state index in [1.807, 2.05) is 0 Å². The molecule has 7 heteroatoms. The number of ether oxygens (including phenoxy) is 3. The number of nitrogens with one attached hydrogen (secondary N) is 1. The van der Waals surface area contributed by atoms with Crippen molar-refractivity contribution in [3.05, 3.63) is 11.8 Å². The molecule has 1 saturated carbocycles. The summed E-state index contributed by atoms with van der Waals surface area (Å²) >= 11 is 0. The summed E-state index contributed by atoms with van der Waals surface area (Å²) in [6.45, 7) is 0.567. The van der Waals surface area contributed by atoms with E-state index in [9.17, 15) is 14.7 Å². The van der Waals surface area contributed by atoms with Gasteiger partial charge in [-0.1, -0.05) is 0 Å².